The van der Waals surface area contributed by atoms with Crippen molar-refractivity contribution in [2.45, 2.75) is 97.6 Å². The number of amides is 6. The zero-order valence-electron chi connectivity index (χ0n) is 32.8. The molecule has 2 aromatic carbocycles. The maximum Gasteiger partial charge on any atom is 0.286 e. The molecule has 15 nitrogen and oxygen atoms in total. The monoisotopic (exact) mass is 766 g/mol. The lowest BCUT2D eigenvalue weighted by Gasteiger charge is -2.21. The number of Topliss-reactive ketones (excluding diaryl/α,β-unsaturated/α-hetero) is 1. The number of nitrogens with two attached hydrogens (primary N) is 3. The number of rotatable bonds is 24. The Morgan fingerprint density at radius 3 is 1.64 bits per heavy atom. The van der Waals surface area contributed by atoms with Crippen molar-refractivity contribution in [2.75, 3.05) is 32.7 Å². The molecule has 15 heteroatoms. The molecule has 2 atom stereocenters. The molecule has 2 rings (SSSR count). The minimum absolute atomic E-state index is 0.0208. The van der Waals surface area contributed by atoms with E-state index in [0.29, 0.717) is 24.9 Å². The first-order valence-corrected chi connectivity index (χ1v) is 19.1. The molecule has 0 saturated carbocycles. The summed E-state index contributed by atoms with van der Waals surface area (Å²) >= 11 is 0. The molecule has 304 valence electrons. The van der Waals surface area contributed by atoms with E-state index in [-0.39, 0.29) is 25.3 Å². The van der Waals surface area contributed by atoms with Crippen LogP contribution >= 0.6 is 0 Å². The van der Waals surface area contributed by atoms with Gasteiger partial charge in [0, 0.05) is 5.56 Å². The van der Waals surface area contributed by atoms with Crippen molar-refractivity contribution in [2.24, 2.45) is 23.1 Å². The maximum absolute atomic E-state index is 13.0. The number of hydrogen-bond acceptors (Lipinski definition) is 9. The van der Waals surface area contributed by atoms with Gasteiger partial charge in [0.2, 0.25) is 29.4 Å². The molecule has 0 aliphatic carbocycles. The molecule has 6 amide bonds. The number of hydrogen-bond donors (Lipinski definition) is 8. The third kappa shape index (κ3) is 20.2. The first-order chi connectivity index (χ1) is 26.3. The summed E-state index contributed by atoms with van der Waals surface area (Å²) in [4.78, 5) is 86.2. The minimum atomic E-state index is -1.20. The Morgan fingerprint density at radius 1 is 0.618 bits per heavy atom. The van der Waals surface area contributed by atoms with E-state index in [1.54, 1.807) is 12.1 Å². The summed E-state index contributed by atoms with van der Waals surface area (Å²) in [7, 11) is 0. The molecule has 0 aliphatic rings. The Hall–Kier alpha value is -5.15. The molecular weight excluding hydrogens is 704 g/mol. The van der Waals surface area contributed by atoms with Crippen molar-refractivity contribution in [3.8, 4) is 11.1 Å². The van der Waals surface area contributed by atoms with Gasteiger partial charge in [0.15, 0.2) is 0 Å². The zero-order chi connectivity index (χ0) is 41.2. The van der Waals surface area contributed by atoms with E-state index in [4.69, 9.17) is 17.2 Å². The standard InChI is InChI=1S/C36H51N7O7.C4H11N/c1-4-5-8-24-10-12-25(13-11-24)26-14-16-27(17-15-26)34(48)40-21-31(45)42-28(9-6-7-18-37)35(49)41-22-32(46)43-29(19-23(2)3)36(50)39-20-30(44)33(38)47;1-2-3-4-5/h10-17,23,28-29H,4-9,18-22,37H2,1-3H3,(H2,38,47)(H,39,50)(H,40,48)(H,41,49)(H,42,45)(H,43,46);2-5H2,1H3/t28-,29-;/m0./s1. The summed E-state index contributed by atoms with van der Waals surface area (Å²) in [6.07, 6.45) is 7.26. The Bertz CT molecular complexity index is 1510. The van der Waals surface area contributed by atoms with Gasteiger partial charge in [0.25, 0.3) is 11.8 Å². The predicted octanol–water partition coefficient (Wildman–Crippen LogP) is 1.60. The van der Waals surface area contributed by atoms with Gasteiger partial charge in [-0.25, -0.2) is 0 Å². The summed E-state index contributed by atoms with van der Waals surface area (Å²) in [6, 6.07) is 13.3. The molecule has 55 heavy (non-hydrogen) atoms. The van der Waals surface area contributed by atoms with Crippen molar-refractivity contribution in [1.82, 2.24) is 26.6 Å². The Labute approximate surface area is 325 Å². The molecule has 0 saturated heterocycles. The van der Waals surface area contributed by atoms with Gasteiger partial charge in [0.05, 0.1) is 19.6 Å². The van der Waals surface area contributed by atoms with E-state index in [1.165, 1.54) is 18.4 Å². The van der Waals surface area contributed by atoms with E-state index in [0.717, 1.165) is 36.9 Å². The molecule has 0 heterocycles. The highest BCUT2D eigenvalue weighted by Crippen LogP contribution is 2.21. The van der Waals surface area contributed by atoms with E-state index >= 15 is 0 Å². The van der Waals surface area contributed by atoms with Crippen molar-refractivity contribution in [1.29, 1.82) is 0 Å². The van der Waals surface area contributed by atoms with Crippen LogP contribution in [0.2, 0.25) is 0 Å². The molecule has 11 N–H and O–H groups in total. The number of carbonyl (C=O) groups excluding carboxylic acids is 7. The largest absolute Gasteiger partial charge is 0.363 e. The third-order valence-corrected chi connectivity index (χ3v) is 8.30. The molecule has 0 aliphatic heterocycles. The van der Waals surface area contributed by atoms with Crippen LogP contribution in [-0.2, 0) is 35.2 Å². The van der Waals surface area contributed by atoms with E-state index < -0.39 is 66.4 Å². The van der Waals surface area contributed by atoms with E-state index in [9.17, 15) is 33.6 Å². The van der Waals surface area contributed by atoms with Crippen LogP contribution in [0.25, 0.3) is 11.1 Å². The molecule has 0 aromatic heterocycles. The molecule has 2 aromatic rings. The second-order valence-electron chi connectivity index (χ2n) is 13.6. The number of unbranched alkanes of at least 4 members (excludes halogenated alkanes) is 3. The van der Waals surface area contributed by atoms with Gasteiger partial charge in [-0.2, -0.15) is 0 Å². The summed E-state index contributed by atoms with van der Waals surface area (Å²) in [5.41, 5.74) is 19.3. The lowest BCUT2D eigenvalue weighted by atomic mass is 10.0. The Morgan fingerprint density at radius 2 is 1.13 bits per heavy atom. The lowest BCUT2D eigenvalue weighted by molar-refractivity contribution is -0.136. The maximum atomic E-state index is 13.0. The molecular formula is C40H62N8O7. The summed E-state index contributed by atoms with van der Waals surface area (Å²) in [5.74, 6) is -5.28. The number of nitrogens with one attached hydrogen (secondary N) is 5. The number of ketones is 1. The van der Waals surface area contributed by atoms with Crippen molar-refractivity contribution in [3.63, 3.8) is 0 Å². The quantitative estimate of drug-likeness (QED) is 0.0570. The normalized spacial score (nSPS) is 11.6. The third-order valence-electron chi connectivity index (χ3n) is 8.30. The second-order valence-corrected chi connectivity index (χ2v) is 13.6. The highest BCUT2D eigenvalue weighted by molar-refractivity contribution is 6.36. The average Bonchev–Trinajstić information content (AvgIpc) is 3.17. The SMILES string of the molecule is CCCCN.CCCCc1ccc(-c2ccc(C(=O)NCC(=O)N[C@@H](CCCCN)C(=O)NCC(=O)N[C@@H](CC(C)C)C(=O)NCC(=O)C(N)=O)cc2)cc1. The Balaban J connectivity index is 0.00000283. The van der Waals surface area contributed by atoms with Crippen LogP contribution in [0, 0.1) is 5.92 Å². The van der Waals surface area contributed by atoms with Gasteiger partial charge in [-0.3, -0.25) is 33.6 Å². The fraction of sp³-hybridized carbons (Fsp3) is 0.525. The summed E-state index contributed by atoms with van der Waals surface area (Å²) in [5, 5.41) is 12.4. The summed E-state index contributed by atoms with van der Waals surface area (Å²) in [6.45, 7) is 7.67. The van der Waals surface area contributed by atoms with Gasteiger partial charge in [-0.1, -0.05) is 76.9 Å². The van der Waals surface area contributed by atoms with Gasteiger partial charge in [-0.05, 0) is 92.8 Å². The Kier molecular flexibility index (Phi) is 23.9. The number of benzene rings is 2. The smallest absolute Gasteiger partial charge is 0.286 e. The molecule has 0 bridgehead atoms. The first-order valence-electron chi connectivity index (χ1n) is 19.1. The van der Waals surface area contributed by atoms with Crippen LogP contribution in [0.5, 0.6) is 0 Å². The lowest BCUT2D eigenvalue weighted by Crippen LogP contribution is -2.53. The zero-order valence-corrected chi connectivity index (χ0v) is 32.8. The van der Waals surface area contributed by atoms with Crippen LogP contribution in [0.1, 0.15) is 95.0 Å². The molecule has 0 spiro atoms. The van der Waals surface area contributed by atoms with E-state index in [2.05, 4.69) is 64.7 Å². The van der Waals surface area contributed by atoms with E-state index in [1.807, 2.05) is 26.0 Å². The van der Waals surface area contributed by atoms with Crippen molar-refractivity contribution in [3.05, 3.63) is 59.7 Å². The van der Waals surface area contributed by atoms with Gasteiger partial charge in [0.1, 0.15) is 12.1 Å². The predicted molar refractivity (Wildman–Crippen MR) is 213 cm³/mol. The fourth-order valence-corrected chi connectivity index (χ4v) is 5.15. The number of aryl methyl sites for hydroxylation is 1. The topological polar surface area (TPSA) is 258 Å². The fourth-order valence-electron chi connectivity index (χ4n) is 5.15. The van der Waals surface area contributed by atoms with Crippen LogP contribution < -0.4 is 43.8 Å². The van der Waals surface area contributed by atoms with Gasteiger partial charge < -0.3 is 43.8 Å². The van der Waals surface area contributed by atoms with Crippen LogP contribution in [0.4, 0.5) is 0 Å². The average molecular weight is 767 g/mol. The number of carbonyl (C=O) groups is 7. The first kappa shape index (κ1) is 47.9. The minimum Gasteiger partial charge on any atom is -0.363 e. The van der Waals surface area contributed by atoms with Gasteiger partial charge in [-0.15, -0.1) is 0 Å². The van der Waals surface area contributed by atoms with Gasteiger partial charge >= 0.3 is 0 Å². The van der Waals surface area contributed by atoms with Crippen molar-refractivity contribution >= 4 is 41.2 Å². The molecule has 0 unspecified atom stereocenters. The summed E-state index contributed by atoms with van der Waals surface area (Å²) < 4.78 is 0. The molecule has 0 radical (unpaired) electrons. The number of primary amides is 1. The van der Waals surface area contributed by atoms with Crippen LogP contribution in [0.3, 0.4) is 0 Å². The molecule has 0 fully saturated rings. The van der Waals surface area contributed by atoms with Crippen molar-refractivity contribution < 1.29 is 33.6 Å². The van der Waals surface area contributed by atoms with Crippen LogP contribution in [-0.4, -0.2) is 86.0 Å². The highest BCUT2D eigenvalue weighted by atomic mass is 16.2. The highest BCUT2D eigenvalue weighted by Gasteiger charge is 2.25. The van der Waals surface area contributed by atoms with Crippen LogP contribution in [0.15, 0.2) is 48.5 Å². The second kappa shape index (κ2) is 27.4.